The summed E-state index contributed by atoms with van der Waals surface area (Å²) in [6, 6.07) is 0. The predicted octanol–water partition coefficient (Wildman–Crippen LogP) is 10.7. The van der Waals surface area contributed by atoms with Crippen molar-refractivity contribution in [2.45, 2.75) is 140 Å². The number of allylic oxidation sites excluding steroid dienone is 1. The fourth-order valence-electron chi connectivity index (χ4n) is 11.2. The lowest BCUT2D eigenvalue weighted by atomic mass is 9.32. The van der Waals surface area contributed by atoms with E-state index in [4.69, 9.17) is 0 Å². The van der Waals surface area contributed by atoms with Crippen LogP contribution in [0.2, 0.25) is 0 Å². The molecule has 0 saturated heterocycles. The molecule has 192 valence electrons. The molecule has 0 radical (unpaired) electrons. The summed E-state index contributed by atoms with van der Waals surface area (Å²) in [7, 11) is 0. The molecule has 5 saturated carbocycles. The third kappa shape index (κ3) is 3.56. The van der Waals surface area contributed by atoms with Crippen LogP contribution in [0.1, 0.15) is 140 Å². The van der Waals surface area contributed by atoms with Crippen molar-refractivity contribution in [2.24, 2.45) is 56.7 Å². The smallest absolute Gasteiger partial charge is 0.00896 e. The third-order valence-corrected chi connectivity index (χ3v) is 13.4. The van der Waals surface area contributed by atoms with E-state index in [0.29, 0.717) is 27.1 Å². The van der Waals surface area contributed by atoms with Crippen LogP contribution in [0.15, 0.2) is 12.7 Å². The Morgan fingerprint density at radius 3 is 1.94 bits per heavy atom. The second-order valence-electron chi connectivity index (χ2n) is 13.9. The SMILES string of the molecule is C=C[C@]12CCCC1C1CCC3[C@@]4(C)CC[C@H](C)C(C)(C)C4CC[C@@]3(C)[C@]1(C)CC2.CC.CC. The molecule has 0 spiro atoms. The first-order chi connectivity index (χ1) is 15.6. The molecule has 4 unspecified atom stereocenters. The van der Waals surface area contributed by atoms with E-state index in [0.717, 1.165) is 29.6 Å². The van der Waals surface area contributed by atoms with Gasteiger partial charge in [0.1, 0.15) is 0 Å². The Kier molecular flexibility index (Phi) is 7.72. The van der Waals surface area contributed by atoms with Crippen LogP contribution in [-0.2, 0) is 0 Å². The van der Waals surface area contributed by atoms with Crippen LogP contribution >= 0.6 is 0 Å². The molecule has 0 aromatic rings. The lowest BCUT2D eigenvalue weighted by Crippen LogP contribution is -2.65. The number of hydrogen-bond donors (Lipinski definition) is 0. The summed E-state index contributed by atoms with van der Waals surface area (Å²) in [6.07, 6.45) is 18.6. The average Bonchev–Trinajstić information content (AvgIpc) is 3.24. The largest absolute Gasteiger partial charge is 0.103 e. The van der Waals surface area contributed by atoms with Gasteiger partial charge in [-0.05, 0) is 121 Å². The van der Waals surface area contributed by atoms with Crippen LogP contribution in [0, 0.1) is 56.7 Å². The molecule has 5 rings (SSSR count). The normalized spacial score (nSPS) is 51.8. The first-order valence-corrected chi connectivity index (χ1v) is 15.2. The van der Waals surface area contributed by atoms with Crippen LogP contribution in [0.25, 0.3) is 0 Å². The minimum Gasteiger partial charge on any atom is -0.103 e. The number of fused-ring (bicyclic) bond motifs is 7. The Morgan fingerprint density at radius 1 is 0.636 bits per heavy atom. The molecule has 0 heteroatoms. The summed E-state index contributed by atoms with van der Waals surface area (Å²) >= 11 is 0. The van der Waals surface area contributed by atoms with Crippen molar-refractivity contribution >= 4 is 0 Å². The van der Waals surface area contributed by atoms with Gasteiger partial charge in [-0.15, -0.1) is 6.58 Å². The van der Waals surface area contributed by atoms with Crippen molar-refractivity contribution in [3.63, 3.8) is 0 Å². The second kappa shape index (κ2) is 9.32. The first-order valence-electron chi connectivity index (χ1n) is 15.2. The molecule has 0 aromatic heterocycles. The van der Waals surface area contributed by atoms with Crippen molar-refractivity contribution in [1.29, 1.82) is 0 Å². The summed E-state index contributed by atoms with van der Waals surface area (Å²) in [5.74, 6) is 4.65. The fourth-order valence-corrected chi connectivity index (χ4v) is 11.2. The highest BCUT2D eigenvalue weighted by Crippen LogP contribution is 2.77. The summed E-state index contributed by atoms with van der Waals surface area (Å²) in [5, 5.41) is 0. The van der Waals surface area contributed by atoms with E-state index in [1.165, 1.54) is 70.6 Å². The molecule has 0 nitrogen and oxygen atoms in total. The molecule has 33 heavy (non-hydrogen) atoms. The zero-order valence-corrected chi connectivity index (χ0v) is 24.4. The topological polar surface area (TPSA) is 0 Å². The van der Waals surface area contributed by atoms with Gasteiger partial charge >= 0.3 is 0 Å². The van der Waals surface area contributed by atoms with Gasteiger partial charge in [-0.25, -0.2) is 0 Å². The zero-order chi connectivity index (χ0) is 24.9. The van der Waals surface area contributed by atoms with Crippen molar-refractivity contribution in [3.8, 4) is 0 Å². The zero-order valence-electron chi connectivity index (χ0n) is 24.4. The molecule has 5 aliphatic carbocycles. The standard InChI is InChI=1S/C29H48.2C2H6/c1-8-29-15-9-10-22(29)21-11-12-24-26(5)16-13-20(2)25(3,4)23(26)14-17-28(24,7)27(21,6)18-19-29;2*1-2/h8,20-24H,1,9-19H2,2-7H3;2*1-2H3/t20-,21?,22?,23?,24?,26-,27+,28+,29+;;/m0../s1. The molecule has 9 atom stereocenters. The van der Waals surface area contributed by atoms with E-state index < -0.39 is 0 Å². The third-order valence-electron chi connectivity index (χ3n) is 13.4. The van der Waals surface area contributed by atoms with Crippen LogP contribution in [0.3, 0.4) is 0 Å². The first kappa shape index (κ1) is 27.3. The molecule has 0 aromatic carbocycles. The Balaban J connectivity index is 0.000000728. The van der Waals surface area contributed by atoms with E-state index in [9.17, 15) is 0 Å². The van der Waals surface area contributed by atoms with E-state index in [2.05, 4.69) is 54.2 Å². The van der Waals surface area contributed by atoms with Crippen LogP contribution < -0.4 is 0 Å². The molecule has 0 amide bonds. The summed E-state index contributed by atoms with van der Waals surface area (Å²) in [5.41, 5.74) is 2.69. The van der Waals surface area contributed by atoms with Crippen LogP contribution in [0.5, 0.6) is 0 Å². The minimum absolute atomic E-state index is 0.497. The maximum atomic E-state index is 4.36. The van der Waals surface area contributed by atoms with Gasteiger partial charge in [0.05, 0.1) is 0 Å². The van der Waals surface area contributed by atoms with E-state index in [1.807, 2.05) is 27.7 Å². The Labute approximate surface area is 209 Å². The highest BCUT2D eigenvalue weighted by molar-refractivity contribution is 5.20. The molecule has 5 fully saturated rings. The lowest BCUT2D eigenvalue weighted by molar-refractivity contribution is -0.236. The molecule has 0 aliphatic heterocycles. The second-order valence-corrected chi connectivity index (χ2v) is 13.9. The van der Waals surface area contributed by atoms with Crippen molar-refractivity contribution < 1.29 is 0 Å². The van der Waals surface area contributed by atoms with Gasteiger partial charge in [0.15, 0.2) is 0 Å². The quantitative estimate of drug-likeness (QED) is 0.344. The van der Waals surface area contributed by atoms with Gasteiger partial charge in [0.25, 0.3) is 0 Å². The molecule has 0 N–H and O–H groups in total. The van der Waals surface area contributed by atoms with Crippen molar-refractivity contribution in [3.05, 3.63) is 12.7 Å². The predicted molar refractivity (Wildman–Crippen MR) is 147 cm³/mol. The highest BCUT2D eigenvalue weighted by Gasteiger charge is 2.69. The van der Waals surface area contributed by atoms with Crippen LogP contribution in [-0.4, -0.2) is 0 Å². The Morgan fingerprint density at radius 2 is 1.30 bits per heavy atom. The maximum Gasteiger partial charge on any atom is -0.00896 e. The number of rotatable bonds is 1. The van der Waals surface area contributed by atoms with E-state index >= 15 is 0 Å². The average molecular weight is 457 g/mol. The van der Waals surface area contributed by atoms with Gasteiger partial charge in [0.2, 0.25) is 0 Å². The van der Waals surface area contributed by atoms with Gasteiger partial charge in [-0.2, -0.15) is 0 Å². The monoisotopic (exact) mass is 456 g/mol. The molecular formula is C33H60. The Bertz CT molecular complexity index is 688. The molecule has 0 heterocycles. The summed E-state index contributed by atoms with van der Waals surface area (Å²) in [4.78, 5) is 0. The van der Waals surface area contributed by atoms with Gasteiger partial charge in [-0.1, -0.05) is 81.7 Å². The highest BCUT2D eigenvalue weighted by atomic mass is 14.7. The molecule has 0 bridgehead atoms. The summed E-state index contributed by atoms with van der Waals surface area (Å²) in [6.45, 7) is 28.5. The van der Waals surface area contributed by atoms with Gasteiger partial charge in [0, 0.05) is 0 Å². The van der Waals surface area contributed by atoms with Gasteiger partial charge in [-0.3, -0.25) is 0 Å². The summed E-state index contributed by atoms with van der Waals surface area (Å²) < 4.78 is 0. The van der Waals surface area contributed by atoms with Crippen molar-refractivity contribution in [1.82, 2.24) is 0 Å². The fraction of sp³-hybridized carbons (Fsp3) is 0.939. The van der Waals surface area contributed by atoms with Crippen molar-refractivity contribution in [2.75, 3.05) is 0 Å². The number of hydrogen-bond acceptors (Lipinski definition) is 0. The van der Waals surface area contributed by atoms with Gasteiger partial charge < -0.3 is 0 Å². The van der Waals surface area contributed by atoms with E-state index in [1.54, 1.807) is 0 Å². The van der Waals surface area contributed by atoms with Crippen LogP contribution in [0.4, 0.5) is 0 Å². The van der Waals surface area contributed by atoms with E-state index in [-0.39, 0.29) is 0 Å². The Hall–Kier alpha value is -0.260. The molecular weight excluding hydrogens is 396 g/mol. The lowest BCUT2D eigenvalue weighted by Gasteiger charge is -2.72. The minimum atomic E-state index is 0.497. The molecule has 5 aliphatic rings. The maximum absolute atomic E-state index is 4.36.